The van der Waals surface area contributed by atoms with Crippen molar-refractivity contribution in [1.29, 1.82) is 0 Å². The number of imidazole rings is 1. The SMILES string of the molecule is O=C(Nc1nc2ccccc2n1CCOc1ccccc1)c1ccc(Cl)cc1. The monoisotopic (exact) mass is 391 g/mol. The maximum absolute atomic E-state index is 12.6. The number of anilines is 1. The van der Waals surface area contributed by atoms with E-state index in [1.54, 1.807) is 24.3 Å². The van der Waals surface area contributed by atoms with Crippen molar-refractivity contribution >= 4 is 34.5 Å². The number of hydrogen-bond acceptors (Lipinski definition) is 3. The molecule has 0 aliphatic rings. The molecule has 1 heterocycles. The van der Waals surface area contributed by atoms with Crippen LogP contribution < -0.4 is 10.1 Å². The molecule has 3 aromatic carbocycles. The first-order chi connectivity index (χ1) is 13.7. The molecular formula is C22H18ClN3O2. The zero-order chi connectivity index (χ0) is 19.3. The molecular weight excluding hydrogens is 374 g/mol. The van der Waals surface area contributed by atoms with E-state index in [4.69, 9.17) is 16.3 Å². The van der Waals surface area contributed by atoms with E-state index in [1.165, 1.54) is 0 Å². The molecule has 0 atom stereocenters. The lowest BCUT2D eigenvalue weighted by Gasteiger charge is -2.11. The Balaban J connectivity index is 1.56. The number of rotatable bonds is 6. The average Bonchev–Trinajstić information content (AvgIpc) is 3.06. The van der Waals surface area contributed by atoms with Crippen LogP contribution in [0.2, 0.25) is 5.02 Å². The van der Waals surface area contributed by atoms with E-state index in [9.17, 15) is 4.79 Å². The lowest BCUT2D eigenvalue weighted by molar-refractivity contribution is 0.102. The molecule has 140 valence electrons. The Morgan fingerprint density at radius 2 is 1.68 bits per heavy atom. The second kappa shape index (κ2) is 8.15. The molecule has 0 saturated heterocycles. The summed E-state index contributed by atoms with van der Waals surface area (Å²) < 4.78 is 7.76. The van der Waals surface area contributed by atoms with E-state index in [-0.39, 0.29) is 5.91 Å². The first-order valence-electron chi connectivity index (χ1n) is 8.91. The third kappa shape index (κ3) is 4.00. The van der Waals surface area contributed by atoms with Crippen LogP contribution in [0.15, 0.2) is 78.9 Å². The van der Waals surface area contributed by atoms with Crippen LogP contribution in [0, 0.1) is 0 Å². The van der Waals surface area contributed by atoms with Crippen LogP contribution in [0.4, 0.5) is 5.95 Å². The molecule has 0 bridgehead atoms. The van der Waals surface area contributed by atoms with Crippen LogP contribution >= 0.6 is 11.6 Å². The van der Waals surface area contributed by atoms with Crippen molar-refractivity contribution in [2.75, 3.05) is 11.9 Å². The summed E-state index contributed by atoms with van der Waals surface area (Å²) in [6.07, 6.45) is 0. The number of halogens is 1. The van der Waals surface area contributed by atoms with Crippen LogP contribution in [0.1, 0.15) is 10.4 Å². The highest BCUT2D eigenvalue weighted by Gasteiger charge is 2.14. The van der Waals surface area contributed by atoms with Gasteiger partial charge < -0.3 is 9.30 Å². The Morgan fingerprint density at radius 3 is 2.46 bits per heavy atom. The number of carbonyl (C=O) groups excluding carboxylic acids is 1. The van der Waals surface area contributed by atoms with E-state index in [0.29, 0.717) is 29.7 Å². The standard InChI is InChI=1S/C22H18ClN3O2/c23-17-12-10-16(11-13-17)21(27)25-22-24-19-8-4-5-9-20(19)26(22)14-15-28-18-6-2-1-3-7-18/h1-13H,14-15H2,(H,24,25,27). The highest BCUT2D eigenvalue weighted by Crippen LogP contribution is 2.21. The van der Waals surface area contributed by atoms with Gasteiger partial charge in [0.2, 0.25) is 5.95 Å². The Hall–Kier alpha value is -3.31. The summed E-state index contributed by atoms with van der Waals surface area (Å²) in [5.41, 5.74) is 2.27. The van der Waals surface area contributed by atoms with Gasteiger partial charge in [-0.3, -0.25) is 10.1 Å². The molecule has 0 fully saturated rings. The average molecular weight is 392 g/mol. The smallest absolute Gasteiger partial charge is 0.257 e. The Bertz CT molecular complexity index is 1090. The summed E-state index contributed by atoms with van der Waals surface area (Å²) in [6, 6.07) is 24.1. The van der Waals surface area contributed by atoms with Crippen molar-refractivity contribution in [3.8, 4) is 5.75 Å². The van der Waals surface area contributed by atoms with Gasteiger partial charge >= 0.3 is 0 Å². The molecule has 6 heteroatoms. The minimum absolute atomic E-state index is 0.239. The predicted molar refractivity (Wildman–Crippen MR) is 111 cm³/mol. The lowest BCUT2D eigenvalue weighted by Crippen LogP contribution is -2.17. The van der Waals surface area contributed by atoms with Gasteiger partial charge in [0, 0.05) is 10.6 Å². The van der Waals surface area contributed by atoms with E-state index < -0.39 is 0 Å². The fraction of sp³-hybridized carbons (Fsp3) is 0.0909. The van der Waals surface area contributed by atoms with Gasteiger partial charge in [-0.25, -0.2) is 4.98 Å². The van der Waals surface area contributed by atoms with Crippen LogP contribution in [-0.4, -0.2) is 22.1 Å². The van der Waals surface area contributed by atoms with Crippen molar-refractivity contribution in [2.45, 2.75) is 6.54 Å². The van der Waals surface area contributed by atoms with Crippen molar-refractivity contribution in [2.24, 2.45) is 0 Å². The number of fused-ring (bicyclic) bond motifs is 1. The van der Waals surface area contributed by atoms with Crippen LogP contribution in [-0.2, 0) is 6.54 Å². The summed E-state index contributed by atoms with van der Waals surface area (Å²) in [4.78, 5) is 17.2. The third-order valence-corrected chi connectivity index (χ3v) is 4.57. The molecule has 0 unspecified atom stereocenters. The molecule has 0 spiro atoms. The quantitative estimate of drug-likeness (QED) is 0.502. The zero-order valence-corrected chi connectivity index (χ0v) is 15.8. The molecule has 5 nitrogen and oxygen atoms in total. The summed E-state index contributed by atoms with van der Waals surface area (Å²) >= 11 is 5.90. The number of aromatic nitrogens is 2. The maximum atomic E-state index is 12.6. The number of hydrogen-bond donors (Lipinski definition) is 1. The Kier molecular flexibility index (Phi) is 5.26. The minimum atomic E-state index is -0.239. The summed E-state index contributed by atoms with van der Waals surface area (Å²) in [7, 11) is 0. The number of benzene rings is 3. The second-order valence-electron chi connectivity index (χ2n) is 6.20. The predicted octanol–water partition coefficient (Wildman–Crippen LogP) is 5.02. The number of para-hydroxylation sites is 3. The molecule has 4 rings (SSSR count). The molecule has 1 aromatic heterocycles. The van der Waals surface area contributed by atoms with Gasteiger partial charge in [-0.2, -0.15) is 0 Å². The topological polar surface area (TPSA) is 56.2 Å². The number of nitrogens with one attached hydrogen (secondary N) is 1. The van der Waals surface area contributed by atoms with E-state index >= 15 is 0 Å². The molecule has 0 saturated carbocycles. The molecule has 0 aliphatic heterocycles. The number of carbonyl (C=O) groups is 1. The highest BCUT2D eigenvalue weighted by molar-refractivity contribution is 6.30. The van der Waals surface area contributed by atoms with Gasteiger partial charge in [0.05, 0.1) is 17.6 Å². The van der Waals surface area contributed by atoms with Crippen molar-refractivity contribution in [3.63, 3.8) is 0 Å². The number of nitrogens with zero attached hydrogens (tertiary/aromatic N) is 2. The van der Waals surface area contributed by atoms with Crippen LogP contribution in [0.5, 0.6) is 5.75 Å². The molecule has 4 aromatic rings. The minimum Gasteiger partial charge on any atom is -0.492 e. The largest absolute Gasteiger partial charge is 0.492 e. The molecule has 0 radical (unpaired) electrons. The van der Waals surface area contributed by atoms with Gasteiger partial charge in [0.25, 0.3) is 5.91 Å². The lowest BCUT2D eigenvalue weighted by atomic mass is 10.2. The normalized spacial score (nSPS) is 10.8. The number of amides is 1. The first-order valence-corrected chi connectivity index (χ1v) is 9.28. The first kappa shape index (κ1) is 18.1. The van der Waals surface area contributed by atoms with E-state index in [2.05, 4.69) is 10.3 Å². The zero-order valence-electron chi connectivity index (χ0n) is 15.0. The molecule has 0 aliphatic carbocycles. The van der Waals surface area contributed by atoms with Crippen molar-refractivity contribution in [1.82, 2.24) is 9.55 Å². The van der Waals surface area contributed by atoms with E-state index in [0.717, 1.165) is 16.8 Å². The molecule has 1 amide bonds. The third-order valence-electron chi connectivity index (χ3n) is 4.31. The van der Waals surface area contributed by atoms with Crippen molar-refractivity contribution in [3.05, 3.63) is 89.4 Å². The summed E-state index contributed by atoms with van der Waals surface area (Å²) in [5.74, 6) is 1.05. The van der Waals surface area contributed by atoms with Gasteiger partial charge in [0.15, 0.2) is 0 Å². The van der Waals surface area contributed by atoms with Gasteiger partial charge in [-0.05, 0) is 48.5 Å². The Labute approximate surface area is 167 Å². The van der Waals surface area contributed by atoms with Gasteiger partial charge in [-0.15, -0.1) is 0 Å². The second-order valence-corrected chi connectivity index (χ2v) is 6.63. The van der Waals surface area contributed by atoms with Gasteiger partial charge in [-0.1, -0.05) is 41.9 Å². The van der Waals surface area contributed by atoms with Gasteiger partial charge in [0.1, 0.15) is 12.4 Å². The number of ether oxygens (including phenoxy) is 1. The summed E-state index contributed by atoms with van der Waals surface area (Å²) in [5, 5.41) is 3.48. The van der Waals surface area contributed by atoms with E-state index in [1.807, 2.05) is 59.2 Å². The van der Waals surface area contributed by atoms with Crippen LogP contribution in [0.25, 0.3) is 11.0 Å². The maximum Gasteiger partial charge on any atom is 0.257 e. The fourth-order valence-corrected chi connectivity index (χ4v) is 3.07. The molecule has 28 heavy (non-hydrogen) atoms. The highest BCUT2D eigenvalue weighted by atomic mass is 35.5. The Morgan fingerprint density at radius 1 is 0.964 bits per heavy atom. The fourth-order valence-electron chi connectivity index (χ4n) is 2.94. The van der Waals surface area contributed by atoms with Crippen molar-refractivity contribution < 1.29 is 9.53 Å². The molecule has 1 N–H and O–H groups in total. The summed E-state index contributed by atoms with van der Waals surface area (Å²) in [6.45, 7) is 1.000. The van der Waals surface area contributed by atoms with Crippen LogP contribution in [0.3, 0.4) is 0 Å².